The van der Waals surface area contributed by atoms with Gasteiger partial charge in [-0.25, -0.2) is 0 Å². The molecular weight excluding hydrogens is 244 g/mol. The summed E-state index contributed by atoms with van der Waals surface area (Å²) in [7, 11) is 0. The normalized spacial score (nSPS) is 18.4. The topological polar surface area (TPSA) is 46.3 Å². The molecule has 2 rings (SSSR count). The van der Waals surface area contributed by atoms with Crippen LogP contribution in [0.2, 0.25) is 0 Å². The number of thiophene rings is 1. The maximum atomic E-state index is 12.3. The number of carbonyl (C=O) groups is 1. The molecule has 0 bridgehead atoms. The fourth-order valence-electron chi connectivity index (χ4n) is 2.48. The van der Waals surface area contributed by atoms with Crippen molar-refractivity contribution in [1.82, 2.24) is 4.90 Å². The summed E-state index contributed by atoms with van der Waals surface area (Å²) < 4.78 is 0. The van der Waals surface area contributed by atoms with Gasteiger partial charge >= 0.3 is 0 Å². The Morgan fingerprint density at radius 3 is 2.61 bits per heavy atom. The fourth-order valence-corrected chi connectivity index (χ4v) is 3.33. The summed E-state index contributed by atoms with van der Waals surface area (Å²) in [6.07, 6.45) is 5.39. The zero-order valence-electron chi connectivity index (χ0n) is 10.8. The second-order valence-electron chi connectivity index (χ2n) is 4.95. The van der Waals surface area contributed by atoms with Gasteiger partial charge < -0.3 is 10.6 Å². The molecule has 0 radical (unpaired) electrons. The van der Waals surface area contributed by atoms with Crippen LogP contribution in [0.5, 0.6) is 0 Å². The Bertz CT molecular complexity index is 356. The van der Waals surface area contributed by atoms with Crippen LogP contribution in [0, 0.1) is 0 Å². The molecule has 100 valence electrons. The molecule has 2 heterocycles. The molecule has 18 heavy (non-hydrogen) atoms. The predicted molar refractivity (Wildman–Crippen MR) is 75.8 cm³/mol. The molecule has 1 aromatic rings. The number of amides is 1. The van der Waals surface area contributed by atoms with Gasteiger partial charge in [0.05, 0.1) is 0 Å². The van der Waals surface area contributed by atoms with E-state index in [4.69, 9.17) is 5.73 Å². The van der Waals surface area contributed by atoms with Gasteiger partial charge in [-0.15, -0.1) is 11.3 Å². The van der Waals surface area contributed by atoms with E-state index in [1.807, 2.05) is 11.0 Å². The maximum Gasteiger partial charge on any atom is 0.223 e. The van der Waals surface area contributed by atoms with Crippen LogP contribution in [-0.2, 0) is 4.79 Å². The van der Waals surface area contributed by atoms with Crippen molar-refractivity contribution >= 4 is 17.2 Å². The quantitative estimate of drug-likeness (QED) is 0.910. The lowest BCUT2D eigenvalue weighted by Crippen LogP contribution is -2.33. The van der Waals surface area contributed by atoms with Gasteiger partial charge in [-0.1, -0.05) is 18.9 Å². The van der Waals surface area contributed by atoms with Gasteiger partial charge in [0.1, 0.15) is 0 Å². The van der Waals surface area contributed by atoms with E-state index in [-0.39, 0.29) is 11.8 Å². The van der Waals surface area contributed by atoms with Crippen LogP contribution in [0.25, 0.3) is 0 Å². The highest BCUT2D eigenvalue weighted by Crippen LogP contribution is 2.24. The van der Waals surface area contributed by atoms with Crippen molar-refractivity contribution in [2.24, 2.45) is 5.73 Å². The smallest absolute Gasteiger partial charge is 0.223 e. The molecule has 0 aliphatic carbocycles. The van der Waals surface area contributed by atoms with E-state index < -0.39 is 0 Å². The summed E-state index contributed by atoms with van der Waals surface area (Å²) in [5.41, 5.74) is 5.81. The van der Waals surface area contributed by atoms with Crippen molar-refractivity contribution in [2.45, 2.75) is 38.0 Å². The lowest BCUT2D eigenvalue weighted by molar-refractivity contribution is -0.131. The Morgan fingerprint density at radius 2 is 2.06 bits per heavy atom. The zero-order valence-corrected chi connectivity index (χ0v) is 11.6. The molecule has 0 saturated carbocycles. The van der Waals surface area contributed by atoms with E-state index in [1.54, 1.807) is 11.3 Å². The van der Waals surface area contributed by atoms with Crippen LogP contribution in [-0.4, -0.2) is 30.4 Å². The maximum absolute atomic E-state index is 12.3. The number of hydrogen-bond donors (Lipinski definition) is 1. The van der Waals surface area contributed by atoms with E-state index >= 15 is 0 Å². The van der Waals surface area contributed by atoms with E-state index in [0.717, 1.165) is 25.9 Å². The van der Waals surface area contributed by atoms with Gasteiger partial charge in [-0.3, -0.25) is 4.79 Å². The summed E-state index contributed by atoms with van der Waals surface area (Å²) in [6.45, 7) is 2.42. The number of carbonyl (C=O) groups excluding carboxylic acids is 1. The second-order valence-corrected chi connectivity index (χ2v) is 5.93. The monoisotopic (exact) mass is 266 g/mol. The molecule has 1 aromatic heterocycles. The number of nitrogens with zero attached hydrogens (tertiary/aromatic N) is 1. The molecule has 1 atom stereocenters. The van der Waals surface area contributed by atoms with Crippen molar-refractivity contribution < 1.29 is 4.79 Å². The Kier molecular flexibility index (Phi) is 5.20. The summed E-state index contributed by atoms with van der Waals surface area (Å²) >= 11 is 1.70. The third kappa shape index (κ3) is 3.56. The first-order valence-electron chi connectivity index (χ1n) is 6.82. The van der Waals surface area contributed by atoms with Crippen molar-refractivity contribution in [1.29, 1.82) is 0 Å². The lowest BCUT2D eigenvalue weighted by atomic mass is 10.0. The minimum Gasteiger partial charge on any atom is -0.343 e. The van der Waals surface area contributed by atoms with E-state index in [1.165, 1.54) is 17.7 Å². The Morgan fingerprint density at radius 1 is 1.33 bits per heavy atom. The van der Waals surface area contributed by atoms with E-state index in [2.05, 4.69) is 11.4 Å². The third-order valence-corrected chi connectivity index (χ3v) is 4.64. The Labute approximate surface area is 113 Å². The highest BCUT2D eigenvalue weighted by Gasteiger charge is 2.20. The van der Waals surface area contributed by atoms with Gasteiger partial charge in [-0.05, 0) is 24.3 Å². The number of hydrogen-bond acceptors (Lipinski definition) is 3. The minimum atomic E-state index is 0.195. The largest absolute Gasteiger partial charge is 0.343 e. The Balaban J connectivity index is 1.92. The minimum absolute atomic E-state index is 0.195. The van der Waals surface area contributed by atoms with Crippen molar-refractivity contribution in [3.8, 4) is 0 Å². The molecule has 1 aliphatic rings. The van der Waals surface area contributed by atoms with Gasteiger partial charge in [-0.2, -0.15) is 0 Å². The van der Waals surface area contributed by atoms with Crippen molar-refractivity contribution in [3.63, 3.8) is 0 Å². The number of rotatable bonds is 4. The molecule has 0 aromatic carbocycles. The first-order valence-corrected chi connectivity index (χ1v) is 7.70. The number of likely N-dealkylation sites (tertiary alicyclic amines) is 1. The van der Waals surface area contributed by atoms with Crippen LogP contribution in [0.4, 0.5) is 0 Å². The summed E-state index contributed by atoms with van der Waals surface area (Å²) in [4.78, 5) is 15.6. The molecule has 1 unspecified atom stereocenters. The average Bonchev–Trinajstić information content (AvgIpc) is 2.77. The van der Waals surface area contributed by atoms with Crippen LogP contribution in [0.3, 0.4) is 0 Å². The van der Waals surface area contributed by atoms with E-state index in [9.17, 15) is 4.79 Å². The SMILES string of the molecule is NCC(CC(=O)N1CCCCCC1)c1cccs1. The van der Waals surface area contributed by atoms with Crippen molar-refractivity contribution in [3.05, 3.63) is 22.4 Å². The summed E-state index contributed by atoms with van der Waals surface area (Å²) in [5, 5.41) is 2.05. The van der Waals surface area contributed by atoms with Crippen LogP contribution >= 0.6 is 11.3 Å². The highest BCUT2D eigenvalue weighted by atomic mass is 32.1. The average molecular weight is 266 g/mol. The Hall–Kier alpha value is -0.870. The molecule has 1 fully saturated rings. The van der Waals surface area contributed by atoms with Gasteiger partial charge in [0.15, 0.2) is 0 Å². The third-order valence-electron chi connectivity index (χ3n) is 3.61. The van der Waals surface area contributed by atoms with Gasteiger partial charge in [0, 0.05) is 36.9 Å². The molecule has 0 spiro atoms. The van der Waals surface area contributed by atoms with Crippen LogP contribution in [0.15, 0.2) is 17.5 Å². The fraction of sp³-hybridized carbons (Fsp3) is 0.643. The molecule has 1 aliphatic heterocycles. The van der Waals surface area contributed by atoms with Crippen LogP contribution < -0.4 is 5.73 Å². The lowest BCUT2D eigenvalue weighted by Gasteiger charge is -2.22. The molecule has 2 N–H and O–H groups in total. The predicted octanol–water partition coefficient (Wildman–Crippen LogP) is 2.58. The zero-order chi connectivity index (χ0) is 12.8. The summed E-state index contributed by atoms with van der Waals surface area (Å²) in [5.74, 6) is 0.474. The molecule has 1 amide bonds. The first kappa shape index (κ1) is 13.6. The summed E-state index contributed by atoms with van der Waals surface area (Å²) in [6, 6.07) is 4.11. The van der Waals surface area contributed by atoms with Gasteiger partial charge in [0.25, 0.3) is 0 Å². The molecule has 1 saturated heterocycles. The standard InChI is InChI=1S/C14H22N2OS/c15-11-12(13-6-5-9-18-13)10-14(17)16-7-3-1-2-4-8-16/h5-6,9,12H,1-4,7-8,10-11,15H2. The molecular formula is C14H22N2OS. The van der Waals surface area contributed by atoms with E-state index in [0.29, 0.717) is 13.0 Å². The van der Waals surface area contributed by atoms with Crippen LogP contribution in [0.1, 0.15) is 42.9 Å². The molecule has 3 nitrogen and oxygen atoms in total. The second kappa shape index (κ2) is 6.90. The molecule has 4 heteroatoms. The first-order chi connectivity index (χ1) is 8.81. The van der Waals surface area contributed by atoms with Crippen molar-refractivity contribution in [2.75, 3.05) is 19.6 Å². The van der Waals surface area contributed by atoms with Gasteiger partial charge in [0.2, 0.25) is 5.91 Å². The number of nitrogens with two attached hydrogens (primary N) is 1. The highest BCUT2D eigenvalue weighted by molar-refractivity contribution is 7.10.